The van der Waals surface area contributed by atoms with E-state index in [0.717, 1.165) is 5.56 Å². The number of sulfonamides is 1. The first-order valence-corrected chi connectivity index (χ1v) is 12.0. The Kier molecular flexibility index (Phi) is 6.25. The first-order valence-electron chi connectivity index (χ1n) is 10.2. The molecule has 9 heteroatoms. The quantitative estimate of drug-likeness (QED) is 0.679. The highest BCUT2D eigenvalue weighted by Crippen LogP contribution is 2.38. The molecule has 2 aromatic carbocycles. The number of amides is 1. The van der Waals surface area contributed by atoms with Crippen LogP contribution in [0.3, 0.4) is 0 Å². The van der Waals surface area contributed by atoms with E-state index in [-0.39, 0.29) is 24.0 Å². The summed E-state index contributed by atoms with van der Waals surface area (Å²) in [6, 6.07) is 13.7. The van der Waals surface area contributed by atoms with Crippen LogP contribution < -0.4 is 4.74 Å². The Hall–Kier alpha value is -2.13. The van der Waals surface area contributed by atoms with Gasteiger partial charge in [0.05, 0.1) is 11.5 Å². The fourth-order valence-corrected chi connectivity index (χ4v) is 5.96. The number of piperidine rings is 1. The van der Waals surface area contributed by atoms with Crippen LogP contribution in [-0.4, -0.2) is 62.1 Å². The largest absolute Gasteiger partial charge is 0.484 e. The molecule has 2 aliphatic heterocycles. The smallest absolute Gasteiger partial charge is 0.260 e. The van der Waals surface area contributed by atoms with Crippen LogP contribution in [0.4, 0.5) is 0 Å². The summed E-state index contributed by atoms with van der Waals surface area (Å²) in [4.78, 5) is 14.5. The maximum absolute atomic E-state index is 13.2. The number of aryl methyl sites for hydroxylation is 1. The molecule has 1 amide bonds. The lowest BCUT2D eigenvalue weighted by Crippen LogP contribution is -2.56. The predicted octanol–water partition coefficient (Wildman–Crippen LogP) is 3.07. The normalized spacial score (nSPS) is 19.0. The number of hydrogen-bond donors (Lipinski definition) is 0. The molecule has 1 spiro atoms. The minimum atomic E-state index is -3.73. The molecule has 7 nitrogen and oxygen atoms in total. The lowest BCUT2D eigenvalue weighted by atomic mass is 10.0. The predicted molar refractivity (Wildman–Crippen MR) is 117 cm³/mol. The summed E-state index contributed by atoms with van der Waals surface area (Å²) in [6.45, 7) is 3.31. The van der Waals surface area contributed by atoms with Crippen LogP contribution in [-0.2, 0) is 19.6 Å². The van der Waals surface area contributed by atoms with Gasteiger partial charge in [-0.3, -0.25) is 4.79 Å². The van der Waals surface area contributed by atoms with Gasteiger partial charge in [0.1, 0.15) is 11.5 Å². The molecule has 2 saturated heterocycles. The Balaban J connectivity index is 1.41. The van der Waals surface area contributed by atoms with Crippen LogP contribution in [0.25, 0.3) is 0 Å². The summed E-state index contributed by atoms with van der Waals surface area (Å²) in [5, 5.41) is 0.478. The van der Waals surface area contributed by atoms with Gasteiger partial charge in [-0.2, -0.15) is 4.31 Å². The molecular formula is C22H25ClN2O5S. The molecule has 2 aromatic rings. The molecule has 0 aromatic heterocycles. The molecule has 0 bridgehead atoms. The van der Waals surface area contributed by atoms with Gasteiger partial charge in [0, 0.05) is 37.5 Å². The molecule has 166 valence electrons. The van der Waals surface area contributed by atoms with Crippen molar-refractivity contribution in [3.8, 4) is 5.75 Å². The van der Waals surface area contributed by atoms with Crippen LogP contribution in [0.5, 0.6) is 5.75 Å². The van der Waals surface area contributed by atoms with Gasteiger partial charge in [-0.1, -0.05) is 29.8 Å². The number of benzene rings is 2. The highest BCUT2D eigenvalue weighted by molar-refractivity contribution is 7.89. The van der Waals surface area contributed by atoms with E-state index in [9.17, 15) is 13.2 Å². The third kappa shape index (κ3) is 4.43. The standard InChI is InChI=1S/C22H25ClN2O5S/c1-17-4-2-3-5-20(17)29-16-21(26)24-12-10-22(11-13-24)25(14-15-30-22)31(27,28)19-8-6-18(23)7-9-19/h2-9H,10-16H2,1H3. The van der Waals surface area contributed by atoms with Crippen LogP contribution in [0.1, 0.15) is 18.4 Å². The van der Waals surface area contributed by atoms with Crippen LogP contribution in [0.2, 0.25) is 5.02 Å². The Morgan fingerprint density at radius 2 is 1.77 bits per heavy atom. The molecule has 0 saturated carbocycles. The van der Waals surface area contributed by atoms with E-state index in [1.54, 1.807) is 17.0 Å². The molecule has 0 N–H and O–H groups in total. The summed E-state index contributed by atoms with van der Waals surface area (Å²) in [7, 11) is -3.73. The van der Waals surface area contributed by atoms with Gasteiger partial charge in [-0.15, -0.1) is 0 Å². The van der Waals surface area contributed by atoms with E-state index in [1.807, 2.05) is 31.2 Å². The third-order valence-electron chi connectivity index (χ3n) is 5.86. The van der Waals surface area contributed by atoms with Crippen molar-refractivity contribution in [2.75, 3.05) is 32.8 Å². The van der Waals surface area contributed by atoms with Crippen molar-refractivity contribution in [3.63, 3.8) is 0 Å². The molecule has 4 rings (SSSR count). The van der Waals surface area contributed by atoms with E-state index in [2.05, 4.69) is 0 Å². The average molecular weight is 465 g/mol. The number of rotatable bonds is 5. The number of carbonyl (C=O) groups is 1. The first kappa shape index (κ1) is 22.1. The summed E-state index contributed by atoms with van der Waals surface area (Å²) in [5.74, 6) is 0.562. The van der Waals surface area contributed by atoms with Crippen LogP contribution >= 0.6 is 11.6 Å². The first-order chi connectivity index (χ1) is 14.8. The molecule has 0 aliphatic carbocycles. The Bertz CT molecular complexity index is 1050. The summed E-state index contributed by atoms with van der Waals surface area (Å²) in [6.07, 6.45) is 0.825. The number of carbonyl (C=O) groups excluding carboxylic acids is 1. The molecular weight excluding hydrogens is 440 g/mol. The maximum Gasteiger partial charge on any atom is 0.260 e. The van der Waals surface area contributed by atoms with E-state index in [4.69, 9.17) is 21.1 Å². The van der Waals surface area contributed by atoms with Gasteiger partial charge in [0.25, 0.3) is 5.91 Å². The lowest BCUT2D eigenvalue weighted by molar-refractivity contribution is -0.142. The summed E-state index contributed by atoms with van der Waals surface area (Å²) >= 11 is 5.90. The minimum absolute atomic E-state index is 0.0501. The van der Waals surface area contributed by atoms with Crippen LogP contribution in [0, 0.1) is 6.92 Å². The molecule has 31 heavy (non-hydrogen) atoms. The minimum Gasteiger partial charge on any atom is -0.484 e. The van der Waals surface area contributed by atoms with Crippen molar-refractivity contribution < 1.29 is 22.7 Å². The fraction of sp³-hybridized carbons (Fsp3) is 0.409. The maximum atomic E-state index is 13.2. The van der Waals surface area contributed by atoms with Crippen molar-refractivity contribution >= 4 is 27.5 Å². The number of halogens is 1. The second-order valence-electron chi connectivity index (χ2n) is 7.76. The number of hydrogen-bond acceptors (Lipinski definition) is 5. The highest BCUT2D eigenvalue weighted by Gasteiger charge is 2.50. The van der Waals surface area contributed by atoms with Gasteiger partial charge >= 0.3 is 0 Å². The van der Waals surface area contributed by atoms with Gasteiger partial charge in [-0.25, -0.2) is 8.42 Å². The Labute approximate surface area is 187 Å². The molecule has 0 atom stereocenters. The number of para-hydroxylation sites is 1. The van der Waals surface area contributed by atoms with Gasteiger partial charge in [-0.05, 0) is 42.8 Å². The van der Waals surface area contributed by atoms with Gasteiger partial charge in [0.2, 0.25) is 10.0 Å². The monoisotopic (exact) mass is 464 g/mol. The zero-order valence-electron chi connectivity index (χ0n) is 17.3. The molecule has 2 aliphatic rings. The fourth-order valence-electron chi connectivity index (χ4n) is 4.12. The lowest BCUT2D eigenvalue weighted by Gasteiger charge is -2.42. The second-order valence-corrected chi connectivity index (χ2v) is 10.1. The second kappa shape index (κ2) is 8.78. The van der Waals surface area contributed by atoms with Gasteiger partial charge in [0.15, 0.2) is 6.61 Å². The van der Waals surface area contributed by atoms with Gasteiger partial charge < -0.3 is 14.4 Å². The number of nitrogens with zero attached hydrogens (tertiary/aromatic N) is 2. The molecule has 0 radical (unpaired) electrons. The van der Waals surface area contributed by atoms with E-state index in [0.29, 0.717) is 43.3 Å². The zero-order valence-corrected chi connectivity index (χ0v) is 18.9. The van der Waals surface area contributed by atoms with Crippen molar-refractivity contribution in [2.24, 2.45) is 0 Å². The molecule has 2 heterocycles. The SMILES string of the molecule is Cc1ccccc1OCC(=O)N1CCC2(CC1)OCCN2S(=O)(=O)c1ccc(Cl)cc1. The topological polar surface area (TPSA) is 76.2 Å². The Morgan fingerprint density at radius 1 is 1.10 bits per heavy atom. The highest BCUT2D eigenvalue weighted by atomic mass is 35.5. The van der Waals surface area contributed by atoms with Crippen molar-refractivity contribution in [1.82, 2.24) is 9.21 Å². The average Bonchev–Trinajstić information content (AvgIpc) is 3.17. The zero-order chi connectivity index (χ0) is 22.1. The molecule has 2 fully saturated rings. The summed E-state index contributed by atoms with van der Waals surface area (Å²) < 4.78 is 39.5. The van der Waals surface area contributed by atoms with E-state index >= 15 is 0 Å². The van der Waals surface area contributed by atoms with Crippen molar-refractivity contribution in [2.45, 2.75) is 30.4 Å². The van der Waals surface area contributed by atoms with Crippen molar-refractivity contribution in [1.29, 1.82) is 0 Å². The number of ether oxygens (including phenoxy) is 2. The van der Waals surface area contributed by atoms with Crippen molar-refractivity contribution in [3.05, 3.63) is 59.1 Å². The van der Waals surface area contributed by atoms with E-state index < -0.39 is 15.7 Å². The molecule has 0 unspecified atom stereocenters. The number of likely N-dealkylation sites (tertiary alicyclic amines) is 1. The van der Waals surface area contributed by atoms with E-state index in [1.165, 1.54) is 16.4 Å². The van der Waals surface area contributed by atoms with Crippen LogP contribution in [0.15, 0.2) is 53.4 Å². The summed E-state index contributed by atoms with van der Waals surface area (Å²) in [5.41, 5.74) is 0.0434. The third-order valence-corrected chi connectivity index (χ3v) is 8.08. The Morgan fingerprint density at radius 3 is 2.45 bits per heavy atom.